The van der Waals surface area contributed by atoms with Gasteiger partial charge in [0.25, 0.3) is 6.47 Å². The maximum atomic E-state index is 14.1. The molecule has 43 heavy (non-hydrogen) atoms. The number of likely N-dealkylation sites (N-methyl/N-ethyl adjacent to an activating group) is 1. The van der Waals surface area contributed by atoms with Gasteiger partial charge in [0.05, 0.1) is 34.3 Å². The number of thiazole rings is 1. The summed E-state index contributed by atoms with van der Waals surface area (Å²) in [4.78, 5) is 45.0. The standard InChI is InChI=1S/C32H34N4O3S.CH2O2/c1-21(2)39-29(30-33-25-15-9-10-16-27(25)40-30)26-17-32(23-13-7-8-14-24(23)34-31(32)38)20-36(26)28(37)19-35(3)18-22-11-5-4-6-12-22;2-1-3/h4-16,21,26,29H,17-20H2,1-3H3,(H,34,38);1H,(H,2,3)/t26?,29?,32-;/m0./s1. The van der Waals surface area contributed by atoms with Crippen molar-refractivity contribution >= 4 is 45.5 Å². The van der Waals surface area contributed by atoms with Crippen molar-refractivity contribution in [3.63, 3.8) is 0 Å². The molecular weight excluding hydrogens is 564 g/mol. The number of rotatable bonds is 8. The monoisotopic (exact) mass is 600 g/mol. The molecule has 2 aliphatic rings. The minimum absolute atomic E-state index is 0.0176. The number of carbonyl (C=O) groups excluding carboxylic acids is 2. The SMILES string of the molecule is CC(C)OC(c1nc2ccccc2s1)C1C[C@@]2(CN1C(=O)CN(C)Cc1ccccc1)C(=O)Nc1ccccc12.O=CO. The van der Waals surface area contributed by atoms with Gasteiger partial charge in [0.2, 0.25) is 11.8 Å². The van der Waals surface area contributed by atoms with E-state index in [1.54, 1.807) is 11.3 Å². The fourth-order valence-electron chi connectivity index (χ4n) is 6.11. The van der Waals surface area contributed by atoms with Crippen LogP contribution in [-0.4, -0.2) is 70.5 Å². The minimum Gasteiger partial charge on any atom is -0.483 e. The third kappa shape index (κ3) is 6.31. The molecule has 1 fully saturated rings. The van der Waals surface area contributed by atoms with Crippen LogP contribution in [0.1, 0.15) is 42.5 Å². The van der Waals surface area contributed by atoms with Crippen molar-refractivity contribution < 1.29 is 24.2 Å². The Morgan fingerprint density at radius 3 is 2.53 bits per heavy atom. The van der Waals surface area contributed by atoms with Crippen LogP contribution in [-0.2, 0) is 31.1 Å². The fourth-order valence-corrected chi connectivity index (χ4v) is 7.17. The molecule has 3 aromatic carbocycles. The Hall–Kier alpha value is -4.12. The van der Waals surface area contributed by atoms with E-state index in [9.17, 15) is 9.59 Å². The number of ether oxygens (including phenoxy) is 1. The molecule has 3 heterocycles. The first-order valence-corrected chi connectivity index (χ1v) is 15.1. The molecule has 0 saturated carbocycles. The highest BCUT2D eigenvalue weighted by atomic mass is 32.1. The van der Waals surface area contributed by atoms with Crippen molar-refractivity contribution in [1.82, 2.24) is 14.8 Å². The van der Waals surface area contributed by atoms with E-state index in [1.165, 1.54) is 0 Å². The summed E-state index contributed by atoms with van der Waals surface area (Å²) in [7, 11) is 1.96. The fraction of sp³-hybridized carbons (Fsp3) is 0.333. The Kier molecular flexibility index (Phi) is 9.19. The molecule has 6 rings (SSSR count). The first-order valence-electron chi connectivity index (χ1n) is 14.3. The van der Waals surface area contributed by atoms with Gasteiger partial charge in [-0.25, -0.2) is 4.98 Å². The Morgan fingerprint density at radius 1 is 1.14 bits per heavy atom. The molecule has 0 radical (unpaired) electrons. The third-order valence-electron chi connectivity index (χ3n) is 7.87. The number of carbonyl (C=O) groups is 3. The van der Waals surface area contributed by atoms with Crippen LogP contribution < -0.4 is 5.32 Å². The maximum absolute atomic E-state index is 14.1. The number of para-hydroxylation sites is 2. The predicted molar refractivity (Wildman–Crippen MR) is 167 cm³/mol. The van der Waals surface area contributed by atoms with Crippen molar-refractivity contribution in [2.45, 2.75) is 50.5 Å². The van der Waals surface area contributed by atoms with E-state index in [2.05, 4.69) is 23.5 Å². The number of aromatic nitrogens is 1. The quantitative estimate of drug-likeness (QED) is 0.271. The number of anilines is 1. The lowest BCUT2D eigenvalue weighted by Gasteiger charge is -2.32. The third-order valence-corrected chi connectivity index (χ3v) is 8.96. The Labute approximate surface area is 255 Å². The number of hydrogen-bond donors (Lipinski definition) is 2. The molecule has 4 aromatic rings. The van der Waals surface area contributed by atoms with Crippen LogP contribution in [0.2, 0.25) is 0 Å². The lowest BCUT2D eigenvalue weighted by Crippen LogP contribution is -2.45. The second-order valence-corrected chi connectivity index (χ2v) is 12.3. The molecule has 0 bridgehead atoms. The Balaban J connectivity index is 0.00000118. The van der Waals surface area contributed by atoms with E-state index in [1.807, 2.05) is 91.4 Å². The Bertz CT molecular complexity index is 1560. The molecule has 2 amide bonds. The van der Waals surface area contributed by atoms with E-state index >= 15 is 0 Å². The minimum atomic E-state index is -0.829. The van der Waals surface area contributed by atoms with Crippen LogP contribution in [0.4, 0.5) is 5.69 Å². The van der Waals surface area contributed by atoms with Crippen molar-refractivity contribution in [1.29, 1.82) is 0 Å². The zero-order valence-electron chi connectivity index (χ0n) is 24.5. The van der Waals surface area contributed by atoms with Gasteiger partial charge in [0.1, 0.15) is 11.1 Å². The lowest BCUT2D eigenvalue weighted by atomic mass is 9.79. The lowest BCUT2D eigenvalue weighted by molar-refractivity contribution is -0.137. The normalized spacial score (nSPS) is 19.8. The van der Waals surface area contributed by atoms with Crippen molar-refractivity contribution in [3.8, 4) is 0 Å². The predicted octanol–water partition coefficient (Wildman–Crippen LogP) is 5.09. The summed E-state index contributed by atoms with van der Waals surface area (Å²) in [6.45, 7) is 4.95. The van der Waals surface area contributed by atoms with Gasteiger partial charge in [-0.1, -0.05) is 60.7 Å². The van der Waals surface area contributed by atoms with Crippen LogP contribution in [0.3, 0.4) is 0 Å². The molecule has 0 aliphatic carbocycles. The van der Waals surface area contributed by atoms with Gasteiger partial charge >= 0.3 is 0 Å². The second kappa shape index (κ2) is 13.0. The summed E-state index contributed by atoms with van der Waals surface area (Å²) in [5, 5.41) is 10.8. The van der Waals surface area contributed by atoms with Gasteiger partial charge in [-0.05, 0) is 56.6 Å². The van der Waals surface area contributed by atoms with Crippen molar-refractivity contribution in [3.05, 3.63) is 95.0 Å². The van der Waals surface area contributed by atoms with Crippen molar-refractivity contribution in [2.24, 2.45) is 0 Å². The summed E-state index contributed by atoms with van der Waals surface area (Å²) in [5.41, 5.74) is 3.00. The van der Waals surface area contributed by atoms with Gasteiger partial charge in [-0.2, -0.15) is 0 Å². The summed E-state index contributed by atoms with van der Waals surface area (Å²) < 4.78 is 7.64. The molecule has 1 spiro atoms. The van der Waals surface area contributed by atoms with Gasteiger partial charge in [0, 0.05) is 18.8 Å². The molecule has 3 atom stereocenters. The first-order chi connectivity index (χ1) is 20.8. The number of nitrogens with one attached hydrogen (secondary N) is 1. The van der Waals surface area contributed by atoms with E-state index < -0.39 is 11.5 Å². The second-order valence-electron chi connectivity index (χ2n) is 11.3. The summed E-state index contributed by atoms with van der Waals surface area (Å²) in [5.74, 6) is -0.0739. The molecule has 2 N–H and O–H groups in total. The van der Waals surface area contributed by atoms with Gasteiger partial charge in [-0.3, -0.25) is 19.3 Å². The Morgan fingerprint density at radius 2 is 1.81 bits per heavy atom. The molecule has 9 nitrogen and oxygen atoms in total. The van der Waals surface area contributed by atoms with E-state index in [0.717, 1.165) is 32.0 Å². The zero-order chi connectivity index (χ0) is 30.6. The molecule has 1 aromatic heterocycles. The highest BCUT2D eigenvalue weighted by Gasteiger charge is 2.58. The number of fused-ring (bicyclic) bond motifs is 3. The van der Waals surface area contributed by atoms with Gasteiger partial charge in [0.15, 0.2) is 0 Å². The summed E-state index contributed by atoms with van der Waals surface area (Å²) >= 11 is 1.60. The van der Waals surface area contributed by atoms with Crippen LogP contribution in [0, 0.1) is 0 Å². The van der Waals surface area contributed by atoms with Gasteiger partial charge < -0.3 is 20.1 Å². The molecule has 1 saturated heterocycles. The largest absolute Gasteiger partial charge is 0.483 e. The number of carboxylic acid groups (broad SMARTS) is 1. The van der Waals surface area contributed by atoms with Crippen LogP contribution in [0.5, 0.6) is 0 Å². The molecule has 2 aliphatic heterocycles. The maximum Gasteiger partial charge on any atom is 0.290 e. The van der Waals surface area contributed by atoms with E-state index in [4.69, 9.17) is 19.6 Å². The van der Waals surface area contributed by atoms with Crippen LogP contribution >= 0.6 is 11.3 Å². The van der Waals surface area contributed by atoms with Crippen LogP contribution in [0.25, 0.3) is 10.2 Å². The molecule has 2 unspecified atom stereocenters. The number of hydrogen-bond acceptors (Lipinski definition) is 7. The highest BCUT2D eigenvalue weighted by Crippen LogP contribution is 2.50. The molecule has 224 valence electrons. The average Bonchev–Trinajstić information content (AvgIpc) is 3.67. The number of likely N-dealkylation sites (tertiary alicyclic amines) is 1. The average molecular weight is 601 g/mol. The van der Waals surface area contributed by atoms with Crippen LogP contribution in [0.15, 0.2) is 78.9 Å². The van der Waals surface area contributed by atoms with Crippen molar-refractivity contribution in [2.75, 3.05) is 25.5 Å². The zero-order valence-corrected chi connectivity index (χ0v) is 25.3. The summed E-state index contributed by atoms with van der Waals surface area (Å²) in [6.07, 6.45) is -0.0752. The smallest absolute Gasteiger partial charge is 0.290 e. The van der Waals surface area contributed by atoms with Gasteiger partial charge in [-0.15, -0.1) is 11.3 Å². The number of benzene rings is 3. The summed E-state index contributed by atoms with van der Waals surface area (Å²) in [6, 6.07) is 25.7. The van der Waals surface area contributed by atoms with E-state index in [-0.39, 0.29) is 37.0 Å². The topological polar surface area (TPSA) is 112 Å². The first kappa shape index (κ1) is 30.3. The molecular formula is C33H36N4O5S. The molecule has 10 heteroatoms. The number of nitrogens with zero attached hydrogens (tertiary/aromatic N) is 3. The number of amides is 2. The van der Waals surface area contributed by atoms with E-state index in [0.29, 0.717) is 19.5 Å². The highest BCUT2D eigenvalue weighted by molar-refractivity contribution is 7.18.